The van der Waals surface area contributed by atoms with Crippen LogP contribution in [0.15, 0.2) is 47.3 Å². The molecule has 3 heterocycles. The van der Waals surface area contributed by atoms with Crippen molar-refractivity contribution in [1.29, 1.82) is 0 Å². The molecule has 1 fully saturated rings. The minimum atomic E-state index is -0.0810. The van der Waals surface area contributed by atoms with Crippen LogP contribution in [0.3, 0.4) is 0 Å². The van der Waals surface area contributed by atoms with Crippen molar-refractivity contribution in [2.45, 2.75) is 31.8 Å². The van der Waals surface area contributed by atoms with Crippen LogP contribution in [0.25, 0.3) is 10.9 Å². The third kappa shape index (κ3) is 2.94. The molecule has 0 saturated carbocycles. The Labute approximate surface area is 163 Å². The summed E-state index contributed by atoms with van der Waals surface area (Å²) in [7, 11) is 0. The van der Waals surface area contributed by atoms with Crippen LogP contribution in [0.5, 0.6) is 11.5 Å². The van der Waals surface area contributed by atoms with Gasteiger partial charge in [-0.15, -0.1) is 0 Å². The Hall–Kier alpha value is -2.86. The minimum Gasteiger partial charge on any atom is -0.486 e. The first-order valence-electron chi connectivity index (χ1n) is 9.85. The van der Waals surface area contributed by atoms with Crippen LogP contribution in [0, 0.1) is 0 Å². The van der Waals surface area contributed by atoms with Crippen molar-refractivity contribution in [2.75, 3.05) is 19.8 Å². The van der Waals surface area contributed by atoms with E-state index in [-0.39, 0.29) is 17.6 Å². The van der Waals surface area contributed by atoms with Crippen LogP contribution in [0.1, 0.15) is 43.2 Å². The van der Waals surface area contributed by atoms with E-state index >= 15 is 0 Å². The van der Waals surface area contributed by atoms with E-state index in [0.717, 1.165) is 36.4 Å². The largest absolute Gasteiger partial charge is 0.486 e. The maximum Gasteiger partial charge on any atom is 0.258 e. The molecule has 0 unspecified atom stereocenters. The lowest BCUT2D eigenvalue weighted by molar-refractivity contribution is 0.168. The molecule has 1 aromatic heterocycles. The number of likely N-dealkylation sites (tertiary alicyclic amines) is 1. The maximum atomic E-state index is 12.5. The van der Waals surface area contributed by atoms with Gasteiger partial charge in [-0.05, 0) is 56.1 Å². The number of ether oxygens (including phenoxy) is 2. The Kier molecular flexibility index (Phi) is 4.28. The van der Waals surface area contributed by atoms with Crippen molar-refractivity contribution < 1.29 is 9.47 Å². The SMILES string of the molecule is C[C@H](c1nc2ccccc2c(=O)[nH]1)N1CCC[C@H]1c1ccc2c(c1)OCCO2. The van der Waals surface area contributed by atoms with E-state index in [1.165, 1.54) is 5.56 Å². The number of H-pyrrole nitrogens is 1. The lowest BCUT2D eigenvalue weighted by Gasteiger charge is -2.31. The normalized spacial score (nSPS) is 20.4. The zero-order valence-corrected chi connectivity index (χ0v) is 15.9. The highest BCUT2D eigenvalue weighted by molar-refractivity contribution is 5.77. The number of aromatic nitrogens is 2. The number of hydrogen-bond donors (Lipinski definition) is 1. The highest BCUT2D eigenvalue weighted by Crippen LogP contribution is 2.41. The molecular formula is C22H23N3O3. The van der Waals surface area contributed by atoms with Crippen LogP contribution >= 0.6 is 0 Å². The Morgan fingerprint density at radius 2 is 1.96 bits per heavy atom. The molecule has 0 radical (unpaired) electrons. The van der Waals surface area contributed by atoms with E-state index in [9.17, 15) is 4.79 Å². The lowest BCUT2D eigenvalue weighted by atomic mass is 10.0. The Balaban J connectivity index is 1.47. The van der Waals surface area contributed by atoms with E-state index in [0.29, 0.717) is 24.4 Å². The number of rotatable bonds is 3. The second kappa shape index (κ2) is 6.95. The number of hydrogen-bond acceptors (Lipinski definition) is 5. The van der Waals surface area contributed by atoms with Gasteiger partial charge in [0.25, 0.3) is 5.56 Å². The molecule has 2 atom stereocenters. The molecule has 28 heavy (non-hydrogen) atoms. The maximum absolute atomic E-state index is 12.5. The average Bonchev–Trinajstić information content (AvgIpc) is 3.22. The summed E-state index contributed by atoms with van der Waals surface area (Å²) in [6, 6.07) is 14.0. The first-order valence-corrected chi connectivity index (χ1v) is 9.85. The van der Waals surface area contributed by atoms with Gasteiger partial charge in [0.05, 0.1) is 16.9 Å². The number of para-hydroxylation sites is 1. The number of fused-ring (bicyclic) bond motifs is 2. The van der Waals surface area contributed by atoms with Gasteiger partial charge in [0.2, 0.25) is 0 Å². The fraction of sp³-hybridized carbons (Fsp3) is 0.364. The number of nitrogens with one attached hydrogen (secondary N) is 1. The van der Waals surface area contributed by atoms with Gasteiger partial charge in [-0.2, -0.15) is 0 Å². The molecular weight excluding hydrogens is 354 g/mol. The predicted molar refractivity (Wildman–Crippen MR) is 107 cm³/mol. The molecule has 0 spiro atoms. The van der Waals surface area contributed by atoms with Gasteiger partial charge in [0.15, 0.2) is 11.5 Å². The van der Waals surface area contributed by atoms with E-state index < -0.39 is 0 Å². The van der Waals surface area contributed by atoms with Crippen molar-refractivity contribution in [1.82, 2.24) is 14.9 Å². The molecule has 2 aromatic carbocycles. The van der Waals surface area contributed by atoms with E-state index in [1.54, 1.807) is 0 Å². The summed E-state index contributed by atoms with van der Waals surface area (Å²) in [5, 5.41) is 0.628. The molecule has 144 valence electrons. The van der Waals surface area contributed by atoms with Crippen molar-refractivity contribution in [3.8, 4) is 11.5 Å². The van der Waals surface area contributed by atoms with Crippen LogP contribution in [0.4, 0.5) is 0 Å². The molecule has 1 saturated heterocycles. The van der Waals surface area contributed by atoms with E-state index in [1.807, 2.05) is 30.3 Å². The topological polar surface area (TPSA) is 67.5 Å². The smallest absolute Gasteiger partial charge is 0.258 e. The van der Waals surface area contributed by atoms with Gasteiger partial charge in [0.1, 0.15) is 19.0 Å². The van der Waals surface area contributed by atoms with Gasteiger partial charge < -0.3 is 14.5 Å². The van der Waals surface area contributed by atoms with Gasteiger partial charge >= 0.3 is 0 Å². The van der Waals surface area contributed by atoms with E-state index in [2.05, 4.69) is 28.9 Å². The van der Waals surface area contributed by atoms with Crippen LogP contribution in [-0.4, -0.2) is 34.6 Å². The molecule has 2 aliphatic heterocycles. The fourth-order valence-electron chi connectivity index (χ4n) is 4.34. The summed E-state index contributed by atoms with van der Waals surface area (Å²) in [5.74, 6) is 2.35. The summed E-state index contributed by atoms with van der Waals surface area (Å²) < 4.78 is 11.4. The second-order valence-corrected chi connectivity index (χ2v) is 7.44. The predicted octanol–water partition coefficient (Wildman–Crippen LogP) is 3.59. The summed E-state index contributed by atoms with van der Waals surface area (Å²) in [4.78, 5) is 22.6. The highest BCUT2D eigenvalue weighted by Gasteiger charge is 2.32. The summed E-state index contributed by atoms with van der Waals surface area (Å²) >= 11 is 0. The van der Waals surface area contributed by atoms with Gasteiger partial charge in [-0.3, -0.25) is 9.69 Å². The Morgan fingerprint density at radius 1 is 1.14 bits per heavy atom. The highest BCUT2D eigenvalue weighted by atomic mass is 16.6. The van der Waals surface area contributed by atoms with Crippen LogP contribution in [0.2, 0.25) is 0 Å². The van der Waals surface area contributed by atoms with Gasteiger partial charge in [0, 0.05) is 6.04 Å². The Morgan fingerprint density at radius 3 is 2.86 bits per heavy atom. The number of nitrogens with zero attached hydrogens (tertiary/aromatic N) is 2. The zero-order chi connectivity index (χ0) is 19.1. The first kappa shape index (κ1) is 17.3. The third-order valence-electron chi connectivity index (χ3n) is 5.77. The molecule has 0 amide bonds. The lowest BCUT2D eigenvalue weighted by Crippen LogP contribution is -2.29. The molecule has 2 aliphatic rings. The van der Waals surface area contributed by atoms with Crippen molar-refractivity contribution in [3.63, 3.8) is 0 Å². The van der Waals surface area contributed by atoms with Crippen LogP contribution < -0.4 is 15.0 Å². The Bertz CT molecular complexity index is 1080. The van der Waals surface area contributed by atoms with Gasteiger partial charge in [-0.1, -0.05) is 18.2 Å². The monoisotopic (exact) mass is 377 g/mol. The number of aromatic amines is 1. The molecule has 3 aromatic rings. The zero-order valence-electron chi connectivity index (χ0n) is 15.9. The molecule has 6 nitrogen and oxygen atoms in total. The summed E-state index contributed by atoms with van der Waals surface area (Å²) in [5.41, 5.74) is 1.88. The van der Waals surface area contributed by atoms with Crippen molar-refractivity contribution in [2.24, 2.45) is 0 Å². The third-order valence-corrected chi connectivity index (χ3v) is 5.77. The first-order chi connectivity index (χ1) is 13.7. The summed E-state index contributed by atoms with van der Waals surface area (Å²) in [6.45, 7) is 4.27. The molecule has 1 N–H and O–H groups in total. The minimum absolute atomic E-state index is 0.0120. The molecule has 5 rings (SSSR count). The quantitative estimate of drug-likeness (QED) is 0.755. The van der Waals surface area contributed by atoms with E-state index in [4.69, 9.17) is 14.5 Å². The second-order valence-electron chi connectivity index (χ2n) is 7.44. The van der Waals surface area contributed by atoms with Crippen molar-refractivity contribution in [3.05, 3.63) is 64.2 Å². The average molecular weight is 377 g/mol. The van der Waals surface area contributed by atoms with Crippen LogP contribution in [-0.2, 0) is 0 Å². The standard InChI is InChI=1S/C22H23N3O3/c1-14(21-23-17-6-3-2-5-16(17)22(26)24-21)25-10-4-7-18(25)15-8-9-19-20(13-15)28-12-11-27-19/h2-3,5-6,8-9,13-14,18H,4,7,10-12H2,1H3,(H,23,24,26)/t14-,18+/m1/s1. The van der Waals surface area contributed by atoms with Crippen molar-refractivity contribution >= 4 is 10.9 Å². The van der Waals surface area contributed by atoms with Gasteiger partial charge in [-0.25, -0.2) is 4.98 Å². The molecule has 6 heteroatoms. The fourth-order valence-corrected chi connectivity index (χ4v) is 4.34. The molecule has 0 bridgehead atoms. The summed E-state index contributed by atoms with van der Waals surface area (Å²) in [6.07, 6.45) is 2.18. The number of benzene rings is 2. The molecule has 0 aliphatic carbocycles.